The van der Waals surface area contributed by atoms with Crippen LogP contribution in [-0.4, -0.2) is 28.1 Å². The predicted octanol–water partition coefficient (Wildman–Crippen LogP) is 3.55. The van der Waals surface area contributed by atoms with Crippen LogP contribution in [0.5, 0.6) is 0 Å². The molecule has 0 bridgehead atoms. The number of aromatic amines is 1. The number of nitrogens with zero attached hydrogens (tertiary/aromatic N) is 2. The number of aliphatic imine (C=N–C) groups is 1. The molecule has 1 amide bonds. The lowest BCUT2D eigenvalue weighted by atomic mass is 9.92. The van der Waals surface area contributed by atoms with Crippen LogP contribution in [0, 0.1) is 5.41 Å². The zero-order valence-electron chi connectivity index (χ0n) is 14.5. The number of rotatable bonds is 4. The largest absolute Gasteiger partial charge is 0.432 e. The van der Waals surface area contributed by atoms with Crippen LogP contribution in [0.15, 0.2) is 11.1 Å². The van der Waals surface area contributed by atoms with Gasteiger partial charge in [-0.05, 0) is 18.8 Å². The first-order valence-electron chi connectivity index (χ1n) is 7.68. The third-order valence-electron chi connectivity index (χ3n) is 3.02. The summed E-state index contributed by atoms with van der Waals surface area (Å²) >= 11 is 0. The van der Waals surface area contributed by atoms with Gasteiger partial charge in [0.25, 0.3) is 0 Å². The van der Waals surface area contributed by atoms with Crippen molar-refractivity contribution in [1.82, 2.24) is 15.5 Å². The van der Waals surface area contributed by atoms with Crippen molar-refractivity contribution < 1.29 is 18.0 Å². The van der Waals surface area contributed by atoms with Gasteiger partial charge < -0.3 is 5.32 Å². The van der Waals surface area contributed by atoms with Crippen molar-refractivity contribution in [3.05, 3.63) is 11.8 Å². The number of carbonyl (C=O) groups excluding carboxylic acids is 1. The van der Waals surface area contributed by atoms with Crippen molar-refractivity contribution >= 4 is 17.7 Å². The summed E-state index contributed by atoms with van der Waals surface area (Å²) in [5, 5.41) is 10.7. The van der Waals surface area contributed by atoms with E-state index in [1.165, 1.54) is 0 Å². The van der Waals surface area contributed by atoms with Crippen molar-refractivity contribution in [2.75, 3.05) is 5.32 Å². The number of aromatic nitrogens is 2. The zero-order chi connectivity index (χ0) is 18.5. The van der Waals surface area contributed by atoms with Crippen LogP contribution in [0.4, 0.5) is 19.0 Å². The first kappa shape index (κ1) is 20.0. The van der Waals surface area contributed by atoms with Crippen LogP contribution >= 0.6 is 0 Å². The average Bonchev–Trinajstić information content (AvgIpc) is 2.84. The standard InChI is InChI=1S/C15H24F3N5O/c1-6-9(2)19-13(21-12(24)8-14(3,4)5)20-11-7-10(22-23-11)15(16,17)18/h7,9H,6,8H2,1-5H3,(H3,19,20,21,22,23,24). The Bertz CT molecular complexity index is 587. The molecule has 1 unspecified atom stereocenters. The van der Waals surface area contributed by atoms with E-state index >= 15 is 0 Å². The zero-order valence-corrected chi connectivity index (χ0v) is 14.5. The molecule has 0 saturated carbocycles. The van der Waals surface area contributed by atoms with Crippen molar-refractivity contribution in [2.24, 2.45) is 10.4 Å². The summed E-state index contributed by atoms with van der Waals surface area (Å²) in [6.45, 7) is 9.49. The van der Waals surface area contributed by atoms with Gasteiger partial charge in [0.1, 0.15) is 5.69 Å². The van der Waals surface area contributed by atoms with Gasteiger partial charge >= 0.3 is 6.18 Å². The van der Waals surface area contributed by atoms with E-state index in [1.807, 2.05) is 39.7 Å². The van der Waals surface area contributed by atoms with Gasteiger partial charge in [-0.15, -0.1) is 0 Å². The van der Waals surface area contributed by atoms with E-state index in [-0.39, 0.29) is 35.6 Å². The lowest BCUT2D eigenvalue weighted by molar-refractivity contribution is -0.141. The minimum absolute atomic E-state index is 0.0690. The Hall–Kier alpha value is -2.06. The fourth-order valence-electron chi connectivity index (χ4n) is 1.72. The van der Waals surface area contributed by atoms with Gasteiger partial charge in [0.05, 0.1) is 6.04 Å². The molecule has 0 radical (unpaired) electrons. The van der Waals surface area contributed by atoms with Crippen LogP contribution in [0.2, 0.25) is 0 Å². The summed E-state index contributed by atoms with van der Waals surface area (Å²) in [6, 6.07) is 0.714. The van der Waals surface area contributed by atoms with E-state index in [1.54, 1.807) is 0 Å². The van der Waals surface area contributed by atoms with Gasteiger partial charge in [-0.25, -0.2) is 4.99 Å². The predicted molar refractivity (Wildman–Crippen MR) is 86.6 cm³/mol. The van der Waals surface area contributed by atoms with Crippen LogP contribution < -0.4 is 10.6 Å². The Labute approximate surface area is 139 Å². The molecule has 6 nitrogen and oxygen atoms in total. The number of halogens is 3. The Morgan fingerprint density at radius 1 is 1.38 bits per heavy atom. The Morgan fingerprint density at radius 3 is 2.46 bits per heavy atom. The maximum absolute atomic E-state index is 12.6. The van der Waals surface area contributed by atoms with Crippen molar-refractivity contribution in [1.29, 1.82) is 0 Å². The van der Waals surface area contributed by atoms with Gasteiger partial charge in [0, 0.05) is 12.5 Å². The second-order valence-electron chi connectivity index (χ2n) is 6.81. The van der Waals surface area contributed by atoms with Crippen LogP contribution in [0.25, 0.3) is 0 Å². The molecule has 9 heteroatoms. The number of guanidine groups is 1. The third kappa shape index (κ3) is 7.01. The monoisotopic (exact) mass is 347 g/mol. The third-order valence-corrected chi connectivity index (χ3v) is 3.02. The fourth-order valence-corrected chi connectivity index (χ4v) is 1.72. The van der Waals surface area contributed by atoms with Crippen molar-refractivity contribution in [2.45, 2.75) is 59.7 Å². The van der Waals surface area contributed by atoms with E-state index in [0.717, 1.165) is 6.07 Å². The summed E-state index contributed by atoms with van der Waals surface area (Å²) in [4.78, 5) is 16.3. The number of alkyl halides is 3. The molecule has 1 aromatic heterocycles. The Kier molecular flexibility index (Phi) is 6.39. The van der Waals surface area contributed by atoms with Gasteiger partial charge in [-0.3, -0.25) is 15.2 Å². The smallest absolute Gasteiger partial charge is 0.309 e. The van der Waals surface area contributed by atoms with Crippen LogP contribution in [-0.2, 0) is 11.0 Å². The molecule has 0 aromatic carbocycles. The highest BCUT2D eigenvalue weighted by atomic mass is 19.4. The SMILES string of the molecule is CCC(C)N=C(NC(=O)CC(C)(C)C)Nc1cc(C(F)(F)F)[nH]n1. The summed E-state index contributed by atoms with van der Waals surface area (Å²) in [7, 11) is 0. The van der Waals surface area contributed by atoms with Crippen molar-refractivity contribution in [3.63, 3.8) is 0 Å². The van der Waals surface area contributed by atoms with Crippen molar-refractivity contribution in [3.8, 4) is 0 Å². The minimum Gasteiger partial charge on any atom is -0.309 e. The van der Waals surface area contributed by atoms with Gasteiger partial charge in [-0.1, -0.05) is 27.7 Å². The summed E-state index contributed by atoms with van der Waals surface area (Å²) < 4.78 is 37.8. The molecular weight excluding hydrogens is 323 g/mol. The first-order chi connectivity index (χ1) is 10.9. The van der Waals surface area contributed by atoms with Gasteiger partial charge in [-0.2, -0.15) is 18.3 Å². The normalized spacial score (nSPS) is 14.4. The molecule has 0 aliphatic heterocycles. The van der Waals surface area contributed by atoms with E-state index in [0.29, 0.717) is 6.42 Å². The molecule has 0 aliphatic rings. The topological polar surface area (TPSA) is 82.2 Å². The number of hydrogen-bond acceptors (Lipinski definition) is 3. The van der Waals surface area contributed by atoms with E-state index in [9.17, 15) is 18.0 Å². The molecule has 0 fully saturated rings. The first-order valence-corrected chi connectivity index (χ1v) is 7.68. The van der Waals surface area contributed by atoms with E-state index < -0.39 is 11.9 Å². The number of nitrogens with one attached hydrogen (secondary N) is 3. The molecule has 1 atom stereocenters. The molecule has 1 heterocycles. The lowest BCUT2D eigenvalue weighted by Gasteiger charge is -2.18. The minimum atomic E-state index is -4.52. The molecule has 0 saturated heterocycles. The highest BCUT2D eigenvalue weighted by Crippen LogP contribution is 2.28. The van der Waals surface area contributed by atoms with Gasteiger partial charge in [0.15, 0.2) is 5.82 Å². The molecule has 0 aliphatic carbocycles. The number of hydrogen-bond donors (Lipinski definition) is 3. The molecule has 0 spiro atoms. The summed E-state index contributed by atoms with van der Waals surface area (Å²) in [5.74, 6) is -0.261. The maximum Gasteiger partial charge on any atom is 0.432 e. The maximum atomic E-state index is 12.6. The molecule has 1 aromatic rings. The van der Waals surface area contributed by atoms with Crippen LogP contribution in [0.1, 0.15) is 53.2 Å². The Morgan fingerprint density at radius 2 is 2.00 bits per heavy atom. The van der Waals surface area contributed by atoms with Gasteiger partial charge in [0.2, 0.25) is 11.9 Å². The number of carbonyl (C=O) groups is 1. The van der Waals surface area contributed by atoms with Crippen LogP contribution in [0.3, 0.4) is 0 Å². The second kappa shape index (κ2) is 7.67. The molecule has 3 N–H and O–H groups in total. The average molecular weight is 347 g/mol. The molecule has 1 rings (SSSR count). The fraction of sp³-hybridized carbons (Fsp3) is 0.667. The molecular formula is C15H24F3N5O. The summed E-state index contributed by atoms with van der Waals surface area (Å²) in [6.07, 6.45) is -3.55. The van der Waals surface area contributed by atoms with E-state index in [4.69, 9.17) is 0 Å². The number of anilines is 1. The quantitative estimate of drug-likeness (QED) is 0.575. The molecule has 136 valence electrons. The Balaban J connectivity index is 2.89. The highest BCUT2D eigenvalue weighted by molar-refractivity contribution is 6.03. The summed E-state index contributed by atoms with van der Waals surface area (Å²) in [5.41, 5.74) is -1.20. The highest BCUT2D eigenvalue weighted by Gasteiger charge is 2.33. The number of H-pyrrole nitrogens is 1. The van der Waals surface area contributed by atoms with E-state index in [2.05, 4.69) is 20.7 Å². The molecule has 24 heavy (non-hydrogen) atoms. The number of amides is 1. The second-order valence-corrected chi connectivity index (χ2v) is 6.81. The lowest BCUT2D eigenvalue weighted by Crippen LogP contribution is -2.38.